The summed E-state index contributed by atoms with van der Waals surface area (Å²) in [4.78, 5) is 26.7. The standard InChI is InChI=1S/C21H27FN4O3/c1-2-29-14-4-12-23-21(28)16-5-3-13-25(15-16)19-10-11-20(27)26(24-19)18-8-6-17(22)7-9-18/h6-11,16H,2-5,12-15H2,1H3,(H,23,28)/t16-/m1/s1. The van der Waals surface area contributed by atoms with Gasteiger partial charge in [0.25, 0.3) is 5.56 Å². The van der Waals surface area contributed by atoms with E-state index in [-0.39, 0.29) is 23.2 Å². The van der Waals surface area contributed by atoms with Crippen molar-refractivity contribution in [3.05, 3.63) is 52.6 Å². The average Bonchev–Trinajstić information content (AvgIpc) is 2.74. The monoisotopic (exact) mass is 402 g/mol. The van der Waals surface area contributed by atoms with Gasteiger partial charge in [-0.15, -0.1) is 5.10 Å². The van der Waals surface area contributed by atoms with Gasteiger partial charge in [0, 0.05) is 38.9 Å². The highest BCUT2D eigenvalue weighted by Gasteiger charge is 2.26. The molecule has 1 atom stereocenters. The van der Waals surface area contributed by atoms with Crippen molar-refractivity contribution < 1.29 is 13.9 Å². The van der Waals surface area contributed by atoms with Gasteiger partial charge in [0.15, 0.2) is 0 Å². The van der Waals surface area contributed by atoms with E-state index in [1.165, 1.54) is 35.0 Å². The number of nitrogens with zero attached hydrogens (tertiary/aromatic N) is 3. The van der Waals surface area contributed by atoms with Crippen LogP contribution in [0.3, 0.4) is 0 Å². The summed E-state index contributed by atoms with van der Waals surface area (Å²) in [6.45, 7) is 5.18. The van der Waals surface area contributed by atoms with Crippen molar-refractivity contribution in [2.24, 2.45) is 5.92 Å². The summed E-state index contributed by atoms with van der Waals surface area (Å²) in [6, 6.07) is 8.74. The van der Waals surface area contributed by atoms with Crippen LogP contribution in [0.1, 0.15) is 26.2 Å². The van der Waals surface area contributed by atoms with E-state index in [0.29, 0.717) is 37.8 Å². The Morgan fingerprint density at radius 2 is 2.07 bits per heavy atom. The molecule has 2 aromatic rings. The van der Waals surface area contributed by atoms with Crippen molar-refractivity contribution in [2.45, 2.75) is 26.2 Å². The molecule has 1 aliphatic heterocycles. The topological polar surface area (TPSA) is 76.5 Å². The van der Waals surface area contributed by atoms with Crippen LogP contribution >= 0.6 is 0 Å². The van der Waals surface area contributed by atoms with Crippen LogP contribution in [0.2, 0.25) is 0 Å². The second kappa shape index (κ2) is 10.2. The van der Waals surface area contributed by atoms with Gasteiger partial charge in [0.2, 0.25) is 5.91 Å². The second-order valence-corrected chi connectivity index (χ2v) is 7.04. The van der Waals surface area contributed by atoms with Crippen molar-refractivity contribution in [1.82, 2.24) is 15.1 Å². The molecule has 1 N–H and O–H groups in total. The molecule has 1 aromatic carbocycles. The molecule has 3 rings (SSSR count). The van der Waals surface area contributed by atoms with Crippen LogP contribution in [0.25, 0.3) is 5.69 Å². The van der Waals surface area contributed by atoms with E-state index in [1.54, 1.807) is 6.07 Å². The van der Waals surface area contributed by atoms with Crippen LogP contribution in [0, 0.1) is 11.7 Å². The molecule has 2 heterocycles. The quantitative estimate of drug-likeness (QED) is 0.685. The predicted molar refractivity (Wildman–Crippen MR) is 109 cm³/mol. The molecule has 1 aromatic heterocycles. The maximum atomic E-state index is 13.2. The lowest BCUT2D eigenvalue weighted by Crippen LogP contribution is -2.44. The van der Waals surface area contributed by atoms with Crippen LogP contribution in [0.4, 0.5) is 10.2 Å². The molecular formula is C21H27FN4O3. The third kappa shape index (κ3) is 5.63. The number of halogens is 1. The molecule has 0 spiro atoms. The molecular weight excluding hydrogens is 375 g/mol. The Bertz CT molecular complexity index is 869. The summed E-state index contributed by atoms with van der Waals surface area (Å²) in [5.74, 6) is 0.175. The molecule has 0 radical (unpaired) electrons. The van der Waals surface area contributed by atoms with E-state index >= 15 is 0 Å². The number of carbonyl (C=O) groups is 1. The third-order valence-electron chi connectivity index (χ3n) is 4.94. The zero-order chi connectivity index (χ0) is 20.6. The molecule has 7 nitrogen and oxygen atoms in total. The zero-order valence-corrected chi connectivity index (χ0v) is 16.6. The van der Waals surface area contributed by atoms with Crippen LogP contribution in [0.5, 0.6) is 0 Å². The van der Waals surface area contributed by atoms with Gasteiger partial charge in [-0.05, 0) is 56.5 Å². The fourth-order valence-electron chi connectivity index (χ4n) is 3.41. The number of anilines is 1. The van der Waals surface area contributed by atoms with E-state index < -0.39 is 0 Å². The molecule has 156 valence electrons. The first-order valence-corrected chi connectivity index (χ1v) is 10.0. The maximum Gasteiger partial charge on any atom is 0.271 e. The lowest BCUT2D eigenvalue weighted by atomic mass is 9.97. The highest BCUT2D eigenvalue weighted by Crippen LogP contribution is 2.21. The summed E-state index contributed by atoms with van der Waals surface area (Å²) in [5.41, 5.74) is 0.208. The van der Waals surface area contributed by atoms with Crippen molar-refractivity contribution in [3.8, 4) is 5.69 Å². The lowest BCUT2D eigenvalue weighted by Gasteiger charge is -2.33. The summed E-state index contributed by atoms with van der Waals surface area (Å²) >= 11 is 0. The Labute approximate surface area is 169 Å². The number of aromatic nitrogens is 2. The predicted octanol–water partition coefficient (Wildman–Crippen LogP) is 2.13. The van der Waals surface area contributed by atoms with E-state index in [0.717, 1.165) is 25.8 Å². The number of piperidine rings is 1. The Balaban J connectivity index is 1.66. The van der Waals surface area contributed by atoms with Crippen molar-refractivity contribution in [2.75, 3.05) is 37.7 Å². The number of ether oxygens (including phenoxy) is 1. The number of hydrogen-bond donors (Lipinski definition) is 1. The Morgan fingerprint density at radius 3 is 2.83 bits per heavy atom. The van der Waals surface area contributed by atoms with Gasteiger partial charge in [0.05, 0.1) is 11.6 Å². The molecule has 0 bridgehead atoms. The molecule has 0 saturated carbocycles. The molecule has 1 saturated heterocycles. The number of rotatable bonds is 8. The maximum absolute atomic E-state index is 13.2. The number of hydrogen-bond acceptors (Lipinski definition) is 5. The van der Waals surface area contributed by atoms with Gasteiger partial charge in [-0.25, -0.2) is 4.39 Å². The number of benzene rings is 1. The molecule has 1 amide bonds. The SMILES string of the molecule is CCOCCCNC(=O)[C@@H]1CCCN(c2ccc(=O)n(-c3ccc(F)cc3)n2)C1. The van der Waals surface area contributed by atoms with E-state index in [4.69, 9.17) is 4.74 Å². The molecule has 8 heteroatoms. The summed E-state index contributed by atoms with van der Waals surface area (Å²) in [5, 5.41) is 7.42. The molecule has 29 heavy (non-hydrogen) atoms. The van der Waals surface area contributed by atoms with Gasteiger partial charge in [-0.2, -0.15) is 4.68 Å². The molecule has 1 fully saturated rings. The van der Waals surface area contributed by atoms with Gasteiger partial charge in [-0.1, -0.05) is 0 Å². The summed E-state index contributed by atoms with van der Waals surface area (Å²) in [7, 11) is 0. The van der Waals surface area contributed by atoms with Crippen LogP contribution in [-0.2, 0) is 9.53 Å². The normalized spacial score (nSPS) is 16.6. The fraction of sp³-hybridized carbons (Fsp3) is 0.476. The Morgan fingerprint density at radius 1 is 1.28 bits per heavy atom. The Kier molecular flexibility index (Phi) is 7.35. The summed E-state index contributed by atoms with van der Waals surface area (Å²) < 4.78 is 19.7. The van der Waals surface area contributed by atoms with Crippen LogP contribution in [0.15, 0.2) is 41.2 Å². The zero-order valence-electron chi connectivity index (χ0n) is 16.6. The molecule has 1 aliphatic rings. The summed E-state index contributed by atoms with van der Waals surface area (Å²) in [6.07, 6.45) is 2.49. The van der Waals surface area contributed by atoms with Crippen LogP contribution < -0.4 is 15.8 Å². The minimum Gasteiger partial charge on any atom is -0.382 e. The number of amides is 1. The highest BCUT2D eigenvalue weighted by molar-refractivity contribution is 5.79. The largest absolute Gasteiger partial charge is 0.382 e. The third-order valence-corrected chi connectivity index (χ3v) is 4.94. The molecule has 0 aliphatic carbocycles. The first-order chi connectivity index (χ1) is 14.1. The van der Waals surface area contributed by atoms with Gasteiger partial charge < -0.3 is 15.0 Å². The average molecular weight is 402 g/mol. The van der Waals surface area contributed by atoms with Crippen molar-refractivity contribution in [3.63, 3.8) is 0 Å². The number of nitrogens with one attached hydrogen (secondary N) is 1. The van der Waals surface area contributed by atoms with E-state index in [9.17, 15) is 14.0 Å². The Hall–Kier alpha value is -2.74. The van der Waals surface area contributed by atoms with Crippen LogP contribution in [-0.4, -0.2) is 48.5 Å². The minimum absolute atomic E-state index is 0.0399. The second-order valence-electron chi connectivity index (χ2n) is 7.04. The molecule has 0 unspecified atom stereocenters. The first kappa shape index (κ1) is 21.0. The smallest absolute Gasteiger partial charge is 0.271 e. The van der Waals surface area contributed by atoms with Gasteiger partial charge in [-0.3, -0.25) is 9.59 Å². The minimum atomic E-state index is -0.371. The lowest BCUT2D eigenvalue weighted by molar-refractivity contribution is -0.125. The van der Waals surface area contributed by atoms with E-state index in [2.05, 4.69) is 10.4 Å². The van der Waals surface area contributed by atoms with Crippen molar-refractivity contribution >= 4 is 11.7 Å². The first-order valence-electron chi connectivity index (χ1n) is 10.0. The fourth-order valence-corrected chi connectivity index (χ4v) is 3.41. The van der Waals surface area contributed by atoms with Gasteiger partial charge in [0.1, 0.15) is 11.6 Å². The number of carbonyl (C=O) groups excluding carboxylic acids is 1. The van der Waals surface area contributed by atoms with Gasteiger partial charge >= 0.3 is 0 Å². The van der Waals surface area contributed by atoms with Crippen molar-refractivity contribution in [1.29, 1.82) is 0 Å². The highest BCUT2D eigenvalue weighted by atomic mass is 19.1. The van der Waals surface area contributed by atoms with E-state index in [1.807, 2.05) is 11.8 Å².